The molecule has 15 heteroatoms. The first kappa shape index (κ1) is 28.7. The van der Waals surface area contributed by atoms with Gasteiger partial charge in [-0.2, -0.15) is 15.0 Å². The van der Waals surface area contributed by atoms with Gasteiger partial charge in [0, 0.05) is 17.0 Å². The number of ether oxygens (including phenoxy) is 4. The molecular formula is C22H18ClF3N3NaO7. The Morgan fingerprint density at radius 1 is 1.11 bits per heavy atom. The summed E-state index contributed by atoms with van der Waals surface area (Å²) >= 11 is 6.07. The number of methoxy groups -OCH3 is 2. The van der Waals surface area contributed by atoms with Crippen molar-refractivity contribution in [3.63, 3.8) is 0 Å². The van der Waals surface area contributed by atoms with E-state index in [-0.39, 0.29) is 47.4 Å². The summed E-state index contributed by atoms with van der Waals surface area (Å²) in [5, 5.41) is 5.48. The Kier molecular flexibility index (Phi) is 8.44. The van der Waals surface area contributed by atoms with Crippen molar-refractivity contribution >= 4 is 70.7 Å². The van der Waals surface area contributed by atoms with E-state index < -0.39 is 42.5 Å². The van der Waals surface area contributed by atoms with E-state index in [9.17, 15) is 27.6 Å². The number of anilines is 1. The molecule has 2 aromatic rings. The number of benzene rings is 2. The number of hydrogen-bond acceptors (Lipinski definition) is 8. The Balaban J connectivity index is 0.00000380. The summed E-state index contributed by atoms with van der Waals surface area (Å²) in [5.74, 6) is -1.31. The SMILES string of the molecule is COC(=O)N(C(=O)N1CO[C@@]2(C(=O)OC)Cc3cc(Cl)ccc3C2=N1)c1ccc(OC(F)(F)F)cc1.[NaH]. The van der Waals surface area contributed by atoms with Gasteiger partial charge in [-0.1, -0.05) is 17.7 Å². The molecule has 192 valence electrons. The molecule has 1 aliphatic carbocycles. The van der Waals surface area contributed by atoms with Gasteiger partial charge in [-0.25, -0.2) is 14.4 Å². The van der Waals surface area contributed by atoms with Crippen LogP contribution in [0.1, 0.15) is 11.1 Å². The topological polar surface area (TPSA) is 107 Å². The molecule has 0 saturated carbocycles. The summed E-state index contributed by atoms with van der Waals surface area (Å²) in [6.45, 7) is -0.554. The summed E-state index contributed by atoms with van der Waals surface area (Å²) < 4.78 is 56.6. The Labute approximate surface area is 235 Å². The van der Waals surface area contributed by atoms with E-state index in [4.69, 9.17) is 21.1 Å². The first-order chi connectivity index (χ1) is 17.0. The van der Waals surface area contributed by atoms with Crippen LogP contribution in [-0.4, -0.2) is 91.3 Å². The average Bonchev–Trinajstić information content (AvgIpc) is 3.17. The summed E-state index contributed by atoms with van der Waals surface area (Å²) in [5.41, 5.74) is -0.582. The van der Waals surface area contributed by atoms with Crippen molar-refractivity contribution in [2.45, 2.75) is 18.4 Å². The third-order valence-electron chi connectivity index (χ3n) is 5.41. The predicted molar refractivity (Wildman–Crippen MR) is 125 cm³/mol. The number of imide groups is 1. The molecule has 2 aromatic carbocycles. The van der Waals surface area contributed by atoms with Crippen LogP contribution in [0, 0.1) is 0 Å². The Bertz CT molecular complexity index is 1260. The minimum atomic E-state index is -4.92. The van der Waals surface area contributed by atoms with Crippen molar-refractivity contribution in [1.82, 2.24) is 5.01 Å². The van der Waals surface area contributed by atoms with E-state index in [0.29, 0.717) is 21.0 Å². The molecular weight excluding hydrogens is 534 g/mol. The van der Waals surface area contributed by atoms with Crippen LogP contribution >= 0.6 is 11.6 Å². The van der Waals surface area contributed by atoms with Crippen LogP contribution in [0.4, 0.5) is 28.4 Å². The summed E-state index contributed by atoms with van der Waals surface area (Å²) in [7, 11) is 2.19. The zero-order chi connectivity index (χ0) is 26.3. The van der Waals surface area contributed by atoms with Gasteiger partial charge in [0.05, 0.1) is 19.9 Å². The number of halogens is 4. The zero-order valence-electron chi connectivity index (χ0n) is 18.7. The number of alkyl halides is 3. The second kappa shape index (κ2) is 10.9. The van der Waals surface area contributed by atoms with Gasteiger partial charge in [0.15, 0.2) is 0 Å². The van der Waals surface area contributed by atoms with Gasteiger partial charge in [0.1, 0.15) is 18.2 Å². The molecule has 1 aliphatic heterocycles. The number of hydrogen-bond donors (Lipinski definition) is 0. The molecule has 0 fully saturated rings. The van der Waals surface area contributed by atoms with Crippen LogP contribution in [0.15, 0.2) is 47.6 Å². The van der Waals surface area contributed by atoms with Crippen molar-refractivity contribution in [3.05, 3.63) is 58.6 Å². The van der Waals surface area contributed by atoms with E-state index in [0.717, 1.165) is 36.4 Å². The van der Waals surface area contributed by atoms with Gasteiger partial charge >= 0.3 is 54.0 Å². The Morgan fingerprint density at radius 2 is 1.78 bits per heavy atom. The number of carbonyl (C=O) groups is 3. The number of nitrogens with zero attached hydrogens (tertiary/aromatic N) is 3. The molecule has 0 spiro atoms. The van der Waals surface area contributed by atoms with Crippen molar-refractivity contribution < 1.29 is 46.5 Å². The van der Waals surface area contributed by atoms with E-state index in [1.165, 1.54) is 7.11 Å². The van der Waals surface area contributed by atoms with Crippen LogP contribution in [0.5, 0.6) is 5.75 Å². The number of esters is 1. The van der Waals surface area contributed by atoms with Gasteiger partial charge in [-0.3, -0.25) is 0 Å². The predicted octanol–water partition coefficient (Wildman–Crippen LogP) is 3.44. The van der Waals surface area contributed by atoms with E-state index in [2.05, 4.69) is 14.6 Å². The molecule has 0 radical (unpaired) electrons. The van der Waals surface area contributed by atoms with E-state index in [1.54, 1.807) is 18.2 Å². The molecule has 0 unspecified atom stereocenters. The van der Waals surface area contributed by atoms with Gasteiger partial charge < -0.3 is 18.9 Å². The van der Waals surface area contributed by atoms with Crippen LogP contribution in [0.3, 0.4) is 0 Å². The number of carbonyl (C=O) groups excluding carboxylic acids is 3. The standard InChI is InChI=1S/C22H17ClF3N3O7.Na.H/c1-33-18(30)21-10-12-9-13(23)3-8-16(12)17(21)27-28(11-35-21)19(31)29(20(32)34-2)14-4-6-15(7-5-14)36-22(24,25)26;;/h3-9H,10-11H2,1-2H3;;/t21-;;/m0../s1. The second-order valence-corrected chi connectivity index (χ2v) is 7.98. The van der Waals surface area contributed by atoms with Crippen molar-refractivity contribution in [3.8, 4) is 5.75 Å². The molecule has 1 heterocycles. The first-order valence-corrected chi connectivity index (χ1v) is 10.5. The Morgan fingerprint density at radius 3 is 2.38 bits per heavy atom. The molecule has 0 bridgehead atoms. The second-order valence-electron chi connectivity index (χ2n) is 7.55. The number of hydrazone groups is 1. The molecule has 4 rings (SSSR count). The van der Waals surface area contributed by atoms with Crippen molar-refractivity contribution in [2.75, 3.05) is 25.9 Å². The Hall–Kier alpha value is -2.84. The quantitative estimate of drug-likeness (QED) is 0.425. The number of rotatable bonds is 3. The van der Waals surface area contributed by atoms with Gasteiger partial charge in [-0.15, -0.1) is 13.2 Å². The minimum absolute atomic E-state index is 0. The fraction of sp³-hybridized carbons (Fsp3) is 0.273. The molecule has 10 nitrogen and oxygen atoms in total. The molecule has 1 atom stereocenters. The van der Waals surface area contributed by atoms with E-state index >= 15 is 0 Å². The van der Waals surface area contributed by atoms with Gasteiger partial charge in [0.25, 0.3) is 0 Å². The fourth-order valence-electron chi connectivity index (χ4n) is 3.87. The van der Waals surface area contributed by atoms with Crippen LogP contribution < -0.4 is 9.64 Å². The maximum absolute atomic E-state index is 13.3. The zero-order valence-corrected chi connectivity index (χ0v) is 19.4. The van der Waals surface area contributed by atoms with Gasteiger partial charge in [0.2, 0.25) is 5.60 Å². The maximum atomic E-state index is 13.3. The molecule has 0 saturated heterocycles. The summed E-state index contributed by atoms with van der Waals surface area (Å²) in [6, 6.07) is 7.70. The average molecular weight is 552 g/mol. The van der Waals surface area contributed by atoms with Gasteiger partial charge in [-0.05, 0) is 42.0 Å². The molecule has 37 heavy (non-hydrogen) atoms. The van der Waals surface area contributed by atoms with E-state index in [1.807, 2.05) is 0 Å². The third kappa shape index (κ3) is 5.55. The van der Waals surface area contributed by atoms with Crippen molar-refractivity contribution in [2.24, 2.45) is 5.10 Å². The molecule has 2 aliphatic rings. The molecule has 0 N–H and O–H groups in total. The normalized spacial score (nSPS) is 18.0. The summed E-state index contributed by atoms with van der Waals surface area (Å²) in [6.07, 6.45) is -6.01. The molecule has 0 aromatic heterocycles. The monoisotopic (exact) mass is 551 g/mol. The number of fused-ring (bicyclic) bond motifs is 3. The molecule has 3 amide bonds. The van der Waals surface area contributed by atoms with Crippen LogP contribution in [0.25, 0.3) is 0 Å². The number of amides is 3. The first-order valence-electron chi connectivity index (χ1n) is 10.1. The summed E-state index contributed by atoms with van der Waals surface area (Å²) in [4.78, 5) is 39.0. The third-order valence-corrected chi connectivity index (χ3v) is 5.65. The van der Waals surface area contributed by atoms with Crippen LogP contribution in [-0.2, 0) is 25.4 Å². The van der Waals surface area contributed by atoms with Crippen molar-refractivity contribution in [1.29, 1.82) is 0 Å². The fourth-order valence-corrected chi connectivity index (χ4v) is 4.07. The number of urea groups is 1. The van der Waals surface area contributed by atoms with Crippen LogP contribution in [0.2, 0.25) is 5.02 Å².